The van der Waals surface area contributed by atoms with Gasteiger partial charge in [-0.1, -0.05) is 23.2 Å². The Morgan fingerprint density at radius 2 is 1.71 bits per heavy atom. The minimum Gasteiger partial charge on any atom is -0.399 e. The maximum absolute atomic E-state index is 12.8. The third kappa shape index (κ3) is 3.14. The Morgan fingerprint density at radius 3 is 2.19 bits per heavy atom. The molecule has 2 rings (SSSR count). The largest absolute Gasteiger partial charge is 0.399 e. The number of nitrogen functional groups attached to an aromatic ring is 1. The van der Waals surface area contributed by atoms with E-state index in [0.29, 0.717) is 25.3 Å². The molecule has 0 bridgehead atoms. The number of piperazine rings is 1. The normalized spacial score (nSPS) is 20.6. The molecule has 0 amide bonds. The van der Waals surface area contributed by atoms with E-state index in [1.165, 1.54) is 16.4 Å². The number of hydrogen-bond donors (Lipinski definition) is 1. The van der Waals surface area contributed by atoms with Gasteiger partial charge in [0.1, 0.15) is 4.90 Å². The van der Waals surface area contributed by atoms with Crippen LogP contribution in [0.15, 0.2) is 17.0 Å². The number of hydrogen-bond acceptors (Lipinski definition) is 4. The van der Waals surface area contributed by atoms with E-state index in [-0.39, 0.29) is 20.5 Å². The fourth-order valence-corrected chi connectivity index (χ4v) is 5.12. The average molecular weight is 352 g/mol. The van der Waals surface area contributed by atoms with E-state index in [4.69, 9.17) is 28.9 Å². The highest BCUT2D eigenvalue weighted by Crippen LogP contribution is 2.35. The van der Waals surface area contributed by atoms with Crippen molar-refractivity contribution in [2.75, 3.05) is 32.4 Å². The van der Waals surface area contributed by atoms with E-state index in [2.05, 4.69) is 4.90 Å². The minimum absolute atomic E-state index is 0.0525. The molecular weight excluding hydrogens is 333 g/mol. The third-order valence-corrected chi connectivity index (χ3v) is 6.67. The van der Waals surface area contributed by atoms with E-state index in [1.54, 1.807) is 0 Å². The number of nitrogens with two attached hydrogens (primary N) is 1. The van der Waals surface area contributed by atoms with Crippen molar-refractivity contribution in [3.05, 3.63) is 22.2 Å². The van der Waals surface area contributed by atoms with Crippen LogP contribution in [-0.4, -0.2) is 49.8 Å². The first-order valence-corrected chi connectivity index (χ1v) is 8.71. The number of anilines is 1. The fraction of sp³-hybridized carbons (Fsp3) is 0.538. The molecule has 0 atom stereocenters. The molecule has 1 aromatic rings. The lowest BCUT2D eigenvalue weighted by molar-refractivity contribution is 0.0801. The van der Waals surface area contributed by atoms with E-state index < -0.39 is 10.0 Å². The first-order chi connectivity index (χ1) is 9.55. The summed E-state index contributed by atoms with van der Waals surface area (Å²) in [6.45, 7) is 5.43. The standard InChI is InChI=1S/C13H19Cl2N3O2S/c1-13(2)8-18(5-4-17(13)3)21(19,20)12-10(14)6-9(16)7-11(12)15/h6-7H,4-5,8,16H2,1-3H3. The predicted molar refractivity (Wildman–Crippen MR) is 86.3 cm³/mol. The van der Waals surface area contributed by atoms with E-state index in [9.17, 15) is 8.42 Å². The van der Waals surface area contributed by atoms with Gasteiger partial charge in [-0.15, -0.1) is 0 Å². The summed E-state index contributed by atoms with van der Waals surface area (Å²) in [6.07, 6.45) is 0. The van der Waals surface area contributed by atoms with Gasteiger partial charge in [0, 0.05) is 30.9 Å². The maximum Gasteiger partial charge on any atom is 0.246 e. The number of nitrogens with zero attached hydrogens (tertiary/aromatic N) is 2. The van der Waals surface area contributed by atoms with Gasteiger partial charge in [-0.05, 0) is 33.0 Å². The van der Waals surface area contributed by atoms with Crippen LogP contribution >= 0.6 is 23.2 Å². The predicted octanol–water partition coefficient (Wildman–Crippen LogP) is 2.29. The van der Waals surface area contributed by atoms with E-state index in [0.717, 1.165) is 0 Å². The van der Waals surface area contributed by atoms with Crippen molar-refractivity contribution in [2.24, 2.45) is 0 Å². The lowest BCUT2D eigenvalue weighted by Gasteiger charge is -2.44. The smallest absolute Gasteiger partial charge is 0.246 e. The summed E-state index contributed by atoms with van der Waals surface area (Å²) in [7, 11) is -1.77. The summed E-state index contributed by atoms with van der Waals surface area (Å²) in [4.78, 5) is 2.06. The Bertz CT molecular complexity index is 638. The zero-order valence-electron chi connectivity index (χ0n) is 12.2. The molecule has 1 saturated heterocycles. The SMILES string of the molecule is CN1CCN(S(=O)(=O)c2c(Cl)cc(N)cc2Cl)CC1(C)C. The van der Waals surface area contributed by atoms with Crippen LogP contribution < -0.4 is 5.73 Å². The lowest BCUT2D eigenvalue weighted by Crippen LogP contribution is -2.58. The summed E-state index contributed by atoms with van der Waals surface area (Å²) in [5, 5.41) is 0.105. The van der Waals surface area contributed by atoms with E-state index in [1.807, 2.05) is 20.9 Å². The molecule has 0 spiro atoms. The van der Waals surface area contributed by atoms with Crippen LogP contribution in [0.1, 0.15) is 13.8 Å². The summed E-state index contributed by atoms with van der Waals surface area (Å²) < 4.78 is 27.1. The Morgan fingerprint density at radius 1 is 1.19 bits per heavy atom. The fourth-order valence-electron chi connectivity index (χ4n) is 2.36. The van der Waals surface area contributed by atoms with Crippen LogP contribution in [0, 0.1) is 0 Å². The molecule has 1 aliphatic rings. The van der Waals surface area contributed by atoms with Gasteiger partial charge in [0.05, 0.1) is 10.0 Å². The Kier molecular flexibility index (Phi) is 4.48. The molecule has 0 saturated carbocycles. The first-order valence-electron chi connectivity index (χ1n) is 6.51. The second-order valence-electron chi connectivity index (χ2n) is 5.89. The molecule has 0 aromatic heterocycles. The molecular formula is C13H19Cl2N3O2S. The van der Waals surface area contributed by atoms with Crippen LogP contribution in [-0.2, 0) is 10.0 Å². The zero-order valence-corrected chi connectivity index (χ0v) is 14.6. The summed E-state index contributed by atoms with van der Waals surface area (Å²) in [5.41, 5.74) is 5.71. The maximum atomic E-state index is 12.8. The molecule has 1 heterocycles. The topological polar surface area (TPSA) is 66.6 Å². The van der Waals surface area contributed by atoms with Gasteiger partial charge in [0.2, 0.25) is 10.0 Å². The molecule has 0 aliphatic carbocycles. The molecule has 1 aliphatic heterocycles. The van der Waals surface area contributed by atoms with E-state index >= 15 is 0 Å². The summed E-state index contributed by atoms with van der Waals surface area (Å²) >= 11 is 12.1. The van der Waals surface area contributed by atoms with Crippen molar-refractivity contribution >= 4 is 38.9 Å². The number of rotatable bonds is 2. The van der Waals surface area contributed by atoms with Gasteiger partial charge in [-0.3, -0.25) is 4.90 Å². The molecule has 21 heavy (non-hydrogen) atoms. The quantitative estimate of drug-likeness (QED) is 0.830. The van der Waals surface area contributed by atoms with Crippen molar-refractivity contribution in [3.63, 3.8) is 0 Å². The molecule has 1 fully saturated rings. The van der Waals surface area contributed by atoms with Crippen LogP contribution in [0.25, 0.3) is 0 Å². The van der Waals surface area contributed by atoms with Crippen molar-refractivity contribution in [3.8, 4) is 0 Å². The molecule has 0 unspecified atom stereocenters. The second kappa shape index (κ2) is 5.59. The second-order valence-corrected chi connectivity index (χ2v) is 8.58. The molecule has 8 heteroatoms. The van der Waals surface area contributed by atoms with Crippen molar-refractivity contribution < 1.29 is 8.42 Å². The highest BCUT2D eigenvalue weighted by atomic mass is 35.5. The Labute approximate surface area is 135 Å². The van der Waals surface area contributed by atoms with Gasteiger partial charge >= 0.3 is 0 Å². The summed E-state index contributed by atoms with van der Waals surface area (Å²) in [5.74, 6) is 0. The van der Waals surface area contributed by atoms with Crippen molar-refractivity contribution in [1.29, 1.82) is 0 Å². The Hall–Kier alpha value is -0.530. The molecule has 5 nitrogen and oxygen atoms in total. The van der Waals surface area contributed by atoms with Gasteiger partial charge in [-0.25, -0.2) is 8.42 Å². The molecule has 0 radical (unpaired) electrons. The first kappa shape index (κ1) is 16.8. The van der Waals surface area contributed by atoms with Gasteiger partial charge in [-0.2, -0.15) is 4.31 Å². The highest BCUT2D eigenvalue weighted by Gasteiger charge is 2.38. The molecule has 1 aromatic carbocycles. The Balaban J connectivity index is 2.44. The van der Waals surface area contributed by atoms with Crippen LogP contribution in [0.2, 0.25) is 10.0 Å². The van der Waals surface area contributed by atoms with Crippen LogP contribution in [0.4, 0.5) is 5.69 Å². The molecule has 2 N–H and O–H groups in total. The average Bonchev–Trinajstić information content (AvgIpc) is 2.30. The van der Waals surface area contributed by atoms with Crippen LogP contribution in [0.5, 0.6) is 0 Å². The number of benzene rings is 1. The van der Waals surface area contributed by atoms with Gasteiger partial charge in [0.25, 0.3) is 0 Å². The van der Waals surface area contributed by atoms with Gasteiger partial charge < -0.3 is 5.73 Å². The monoisotopic (exact) mass is 351 g/mol. The molecule has 118 valence electrons. The van der Waals surface area contributed by atoms with Crippen molar-refractivity contribution in [2.45, 2.75) is 24.3 Å². The van der Waals surface area contributed by atoms with Crippen LogP contribution in [0.3, 0.4) is 0 Å². The number of likely N-dealkylation sites (N-methyl/N-ethyl adjacent to an activating group) is 1. The van der Waals surface area contributed by atoms with Gasteiger partial charge in [0.15, 0.2) is 0 Å². The highest BCUT2D eigenvalue weighted by molar-refractivity contribution is 7.89. The number of sulfonamides is 1. The zero-order chi connectivity index (χ0) is 16.0. The minimum atomic E-state index is -3.75. The summed E-state index contributed by atoms with van der Waals surface area (Å²) in [6, 6.07) is 2.81. The number of halogens is 2. The third-order valence-electron chi connectivity index (χ3n) is 3.90. The van der Waals surface area contributed by atoms with Crippen molar-refractivity contribution in [1.82, 2.24) is 9.21 Å². The lowest BCUT2D eigenvalue weighted by atomic mass is 10.0.